The van der Waals surface area contributed by atoms with E-state index < -0.39 is 0 Å². The largest absolute Gasteiger partial charge is 0.399 e. The van der Waals surface area contributed by atoms with Crippen LogP contribution in [-0.2, 0) is 0 Å². The number of carbonyl (C=O) groups excluding carboxylic acids is 1. The summed E-state index contributed by atoms with van der Waals surface area (Å²) in [5.41, 5.74) is 8.16. The van der Waals surface area contributed by atoms with Gasteiger partial charge in [0.1, 0.15) is 0 Å². The first-order valence-electron chi connectivity index (χ1n) is 7.93. The Morgan fingerprint density at radius 2 is 1.78 bits per heavy atom. The fourth-order valence-corrected chi connectivity index (χ4v) is 2.97. The maximum atomic E-state index is 12.8. The minimum absolute atomic E-state index is 0.0191. The van der Waals surface area contributed by atoms with E-state index in [0.717, 1.165) is 17.9 Å². The molecular weight excluding hydrogens is 308 g/mol. The van der Waals surface area contributed by atoms with Crippen LogP contribution in [0, 0.1) is 5.92 Å². The molecule has 0 aliphatic heterocycles. The normalized spacial score (nSPS) is 15.2. The molecule has 23 heavy (non-hydrogen) atoms. The van der Waals surface area contributed by atoms with Crippen LogP contribution in [0.2, 0.25) is 5.02 Å². The molecule has 1 atom stereocenters. The first kappa shape index (κ1) is 15.9. The fraction of sp³-hybridized carbons (Fsp3) is 0.316. The fourth-order valence-electron chi connectivity index (χ4n) is 2.84. The summed E-state index contributed by atoms with van der Waals surface area (Å²) in [6.45, 7) is 0. The number of carbonyl (C=O) groups is 1. The molecule has 4 heteroatoms. The van der Waals surface area contributed by atoms with Gasteiger partial charge in [0, 0.05) is 23.3 Å². The Labute approximate surface area is 142 Å². The Hall–Kier alpha value is -2.00. The summed E-state index contributed by atoms with van der Waals surface area (Å²) in [6.07, 6.45) is 3.51. The Morgan fingerprint density at radius 1 is 1.17 bits per heavy atom. The van der Waals surface area contributed by atoms with E-state index in [-0.39, 0.29) is 11.9 Å². The van der Waals surface area contributed by atoms with E-state index in [9.17, 15) is 4.79 Å². The highest BCUT2D eigenvalue weighted by Crippen LogP contribution is 2.40. The highest BCUT2D eigenvalue weighted by molar-refractivity contribution is 6.30. The molecule has 120 valence electrons. The molecule has 0 saturated heterocycles. The first-order chi connectivity index (χ1) is 11.0. The molecule has 1 aliphatic rings. The van der Waals surface area contributed by atoms with Crippen molar-refractivity contribution in [1.82, 2.24) is 4.90 Å². The van der Waals surface area contributed by atoms with Gasteiger partial charge in [0.05, 0.1) is 6.04 Å². The monoisotopic (exact) mass is 328 g/mol. The van der Waals surface area contributed by atoms with Crippen molar-refractivity contribution in [1.29, 1.82) is 0 Å². The van der Waals surface area contributed by atoms with Gasteiger partial charge in [-0.2, -0.15) is 0 Å². The SMILES string of the molecule is CN(C(=O)c1ccc(N)cc1)[C@H](CC1CC1)c1ccc(Cl)cc1. The molecular formula is C19H21ClN2O. The molecule has 0 bridgehead atoms. The molecule has 0 aromatic heterocycles. The van der Waals surface area contributed by atoms with Crippen LogP contribution in [0.25, 0.3) is 0 Å². The molecule has 1 aliphatic carbocycles. The molecule has 0 heterocycles. The molecule has 2 aromatic rings. The lowest BCUT2D eigenvalue weighted by Crippen LogP contribution is -2.31. The third kappa shape index (κ3) is 3.85. The highest BCUT2D eigenvalue weighted by Gasteiger charge is 2.30. The number of benzene rings is 2. The number of hydrogen-bond acceptors (Lipinski definition) is 2. The molecule has 0 unspecified atom stereocenters. The Kier molecular flexibility index (Phi) is 4.58. The van der Waals surface area contributed by atoms with Gasteiger partial charge in [-0.25, -0.2) is 0 Å². The lowest BCUT2D eigenvalue weighted by atomic mass is 9.99. The maximum absolute atomic E-state index is 12.8. The molecule has 2 N–H and O–H groups in total. The van der Waals surface area contributed by atoms with Crippen LogP contribution in [0.5, 0.6) is 0 Å². The average molecular weight is 329 g/mol. The second-order valence-corrected chi connectivity index (χ2v) is 6.72. The van der Waals surface area contributed by atoms with E-state index in [1.165, 1.54) is 12.8 Å². The third-order valence-corrected chi connectivity index (χ3v) is 4.71. The summed E-state index contributed by atoms with van der Waals surface area (Å²) >= 11 is 5.99. The summed E-state index contributed by atoms with van der Waals surface area (Å²) < 4.78 is 0. The van der Waals surface area contributed by atoms with Crippen molar-refractivity contribution in [3.8, 4) is 0 Å². The van der Waals surface area contributed by atoms with Crippen LogP contribution < -0.4 is 5.73 Å². The molecule has 1 amide bonds. The van der Waals surface area contributed by atoms with E-state index in [1.54, 1.807) is 24.3 Å². The van der Waals surface area contributed by atoms with Crippen LogP contribution >= 0.6 is 11.6 Å². The molecule has 3 nitrogen and oxygen atoms in total. The number of hydrogen-bond donors (Lipinski definition) is 1. The smallest absolute Gasteiger partial charge is 0.254 e. The topological polar surface area (TPSA) is 46.3 Å². The number of nitrogen functional groups attached to an aromatic ring is 1. The molecule has 3 rings (SSSR count). The predicted octanol–water partition coefficient (Wildman–Crippen LogP) is 4.54. The van der Waals surface area contributed by atoms with Crippen molar-refractivity contribution in [2.75, 3.05) is 12.8 Å². The first-order valence-corrected chi connectivity index (χ1v) is 8.30. The average Bonchev–Trinajstić information content (AvgIpc) is 3.37. The van der Waals surface area contributed by atoms with Crippen LogP contribution in [0.1, 0.15) is 41.2 Å². The van der Waals surface area contributed by atoms with Crippen molar-refractivity contribution < 1.29 is 4.79 Å². The van der Waals surface area contributed by atoms with Gasteiger partial charge >= 0.3 is 0 Å². The minimum Gasteiger partial charge on any atom is -0.399 e. The number of amides is 1. The van der Waals surface area contributed by atoms with Gasteiger partial charge in [-0.15, -0.1) is 0 Å². The zero-order chi connectivity index (χ0) is 16.4. The van der Waals surface area contributed by atoms with Crippen molar-refractivity contribution in [2.45, 2.75) is 25.3 Å². The summed E-state index contributed by atoms with van der Waals surface area (Å²) in [4.78, 5) is 14.6. The molecule has 1 saturated carbocycles. The zero-order valence-corrected chi connectivity index (χ0v) is 14.0. The van der Waals surface area contributed by atoms with E-state index in [0.29, 0.717) is 16.3 Å². The lowest BCUT2D eigenvalue weighted by Gasteiger charge is -2.29. The Bertz CT molecular complexity index is 678. The highest BCUT2D eigenvalue weighted by atomic mass is 35.5. The standard InChI is InChI=1S/C19H21ClN2O/c1-22(19(23)15-6-10-17(21)11-7-15)18(12-13-2-3-13)14-4-8-16(20)9-5-14/h4-11,13,18H,2-3,12,21H2,1H3/t18-/m1/s1. The Balaban J connectivity index is 1.84. The molecule has 1 fully saturated rings. The van der Waals surface area contributed by atoms with Gasteiger partial charge in [0.15, 0.2) is 0 Å². The van der Waals surface area contributed by atoms with Crippen molar-refractivity contribution in [2.24, 2.45) is 5.92 Å². The van der Waals surface area contributed by atoms with E-state index in [4.69, 9.17) is 17.3 Å². The van der Waals surface area contributed by atoms with Gasteiger partial charge in [-0.05, 0) is 54.3 Å². The second kappa shape index (κ2) is 6.63. The van der Waals surface area contributed by atoms with Crippen molar-refractivity contribution >= 4 is 23.2 Å². The van der Waals surface area contributed by atoms with Crippen molar-refractivity contribution in [3.63, 3.8) is 0 Å². The van der Waals surface area contributed by atoms with Gasteiger partial charge in [0.2, 0.25) is 0 Å². The quantitative estimate of drug-likeness (QED) is 0.819. The van der Waals surface area contributed by atoms with Gasteiger partial charge in [0.25, 0.3) is 5.91 Å². The second-order valence-electron chi connectivity index (χ2n) is 6.28. The third-order valence-electron chi connectivity index (χ3n) is 4.45. The summed E-state index contributed by atoms with van der Waals surface area (Å²) in [5, 5.41) is 0.714. The van der Waals surface area contributed by atoms with Gasteiger partial charge in [-0.3, -0.25) is 4.79 Å². The predicted molar refractivity (Wildman–Crippen MR) is 94.5 cm³/mol. The van der Waals surface area contributed by atoms with Crippen molar-refractivity contribution in [3.05, 3.63) is 64.7 Å². The number of nitrogens with zero attached hydrogens (tertiary/aromatic N) is 1. The summed E-state index contributed by atoms with van der Waals surface area (Å²) in [5.74, 6) is 0.739. The number of rotatable bonds is 5. The molecule has 2 aromatic carbocycles. The van der Waals surface area contributed by atoms with Crippen LogP contribution in [0.15, 0.2) is 48.5 Å². The lowest BCUT2D eigenvalue weighted by molar-refractivity contribution is 0.0717. The van der Waals surface area contributed by atoms with Gasteiger partial charge < -0.3 is 10.6 Å². The zero-order valence-electron chi connectivity index (χ0n) is 13.2. The minimum atomic E-state index is 0.0191. The van der Waals surface area contributed by atoms with Crippen LogP contribution in [0.4, 0.5) is 5.69 Å². The van der Waals surface area contributed by atoms with E-state index in [1.807, 2.05) is 36.2 Å². The van der Waals surface area contributed by atoms with Gasteiger partial charge in [-0.1, -0.05) is 36.6 Å². The molecule has 0 radical (unpaired) electrons. The number of anilines is 1. The Morgan fingerprint density at radius 3 is 2.35 bits per heavy atom. The summed E-state index contributed by atoms with van der Waals surface area (Å²) in [7, 11) is 1.88. The summed E-state index contributed by atoms with van der Waals surface area (Å²) in [6, 6.07) is 15.0. The van der Waals surface area contributed by atoms with E-state index >= 15 is 0 Å². The number of halogens is 1. The van der Waals surface area contributed by atoms with Crippen LogP contribution in [0.3, 0.4) is 0 Å². The van der Waals surface area contributed by atoms with E-state index in [2.05, 4.69) is 0 Å². The molecule has 0 spiro atoms. The number of nitrogens with two attached hydrogens (primary N) is 1. The van der Waals surface area contributed by atoms with Crippen LogP contribution in [-0.4, -0.2) is 17.9 Å². The maximum Gasteiger partial charge on any atom is 0.254 e.